The smallest absolute Gasteiger partial charge is 0.199 e. The second kappa shape index (κ2) is 7.14. The van der Waals surface area contributed by atoms with Crippen LogP contribution in [-0.2, 0) is 0 Å². The lowest BCUT2D eigenvalue weighted by Crippen LogP contribution is -2.26. The molecule has 0 atom stereocenters. The number of nitrogens with zero attached hydrogens (tertiary/aromatic N) is 2. The Kier molecular flexibility index (Phi) is 4.97. The maximum absolute atomic E-state index is 5.39. The topological polar surface area (TPSA) is 62.4 Å². The summed E-state index contributed by atoms with van der Waals surface area (Å²) in [5.41, 5.74) is 0.881. The van der Waals surface area contributed by atoms with Crippen LogP contribution in [0.3, 0.4) is 0 Å². The highest BCUT2D eigenvalue weighted by Crippen LogP contribution is 2.33. The first-order chi connectivity index (χ1) is 11.2. The number of fused-ring (bicyclic) bond motifs is 1. The fourth-order valence-electron chi connectivity index (χ4n) is 2.96. The Bertz CT molecular complexity index is 741. The second-order valence-electron chi connectivity index (χ2n) is 5.62. The molecule has 0 bridgehead atoms. The lowest BCUT2D eigenvalue weighted by Gasteiger charge is -2.16. The van der Waals surface area contributed by atoms with Crippen molar-refractivity contribution >= 4 is 28.9 Å². The summed E-state index contributed by atoms with van der Waals surface area (Å²) in [5, 5.41) is 4.35. The number of benzene rings is 1. The van der Waals surface area contributed by atoms with Crippen LogP contribution in [0.2, 0.25) is 0 Å². The normalized spacial score (nSPS) is 15.0. The van der Waals surface area contributed by atoms with Crippen LogP contribution in [0.1, 0.15) is 12.8 Å². The molecule has 0 amide bonds. The zero-order chi connectivity index (χ0) is 16.2. The molecule has 1 aromatic carbocycles. The number of ether oxygens (including phenoxy) is 2. The molecule has 2 aromatic rings. The van der Waals surface area contributed by atoms with Crippen molar-refractivity contribution in [3.63, 3.8) is 0 Å². The molecule has 0 radical (unpaired) electrons. The lowest BCUT2D eigenvalue weighted by molar-refractivity contribution is 0.352. The molecule has 0 saturated carbocycles. The Morgan fingerprint density at radius 1 is 1.22 bits per heavy atom. The van der Waals surface area contributed by atoms with Gasteiger partial charge in [-0.3, -0.25) is 0 Å². The SMILES string of the molecule is COc1cc2[nH]c(=S)nc(NCCN3CCCC3)c2cc1OC. The van der Waals surface area contributed by atoms with Crippen molar-refractivity contribution in [2.45, 2.75) is 12.8 Å². The van der Waals surface area contributed by atoms with E-state index in [1.165, 1.54) is 25.9 Å². The molecule has 1 aromatic heterocycles. The monoisotopic (exact) mass is 334 g/mol. The van der Waals surface area contributed by atoms with E-state index in [1.54, 1.807) is 14.2 Å². The van der Waals surface area contributed by atoms with Crippen LogP contribution in [0.25, 0.3) is 10.9 Å². The quantitative estimate of drug-likeness (QED) is 0.792. The van der Waals surface area contributed by atoms with Gasteiger partial charge < -0.3 is 24.7 Å². The van der Waals surface area contributed by atoms with Crippen molar-refractivity contribution in [3.05, 3.63) is 16.9 Å². The van der Waals surface area contributed by atoms with Gasteiger partial charge in [0.15, 0.2) is 16.3 Å². The third kappa shape index (κ3) is 3.56. The Labute approximate surface area is 140 Å². The van der Waals surface area contributed by atoms with Gasteiger partial charge in [0.05, 0.1) is 19.7 Å². The largest absolute Gasteiger partial charge is 0.493 e. The predicted molar refractivity (Wildman–Crippen MR) is 94.2 cm³/mol. The standard InChI is InChI=1S/C16H22N4O2S/c1-21-13-9-11-12(10-14(13)22-2)18-16(23)19-15(11)17-5-8-20-6-3-4-7-20/h9-10H,3-8H2,1-2H3,(H2,17,18,19,23). The number of nitrogens with one attached hydrogen (secondary N) is 2. The molecule has 2 heterocycles. The van der Waals surface area contributed by atoms with E-state index in [-0.39, 0.29) is 0 Å². The summed E-state index contributed by atoms with van der Waals surface area (Å²) in [5.74, 6) is 2.12. The van der Waals surface area contributed by atoms with E-state index in [2.05, 4.69) is 20.2 Å². The summed E-state index contributed by atoms with van der Waals surface area (Å²) in [6.07, 6.45) is 2.60. The van der Waals surface area contributed by atoms with Gasteiger partial charge >= 0.3 is 0 Å². The fourth-order valence-corrected chi connectivity index (χ4v) is 3.16. The first-order valence-corrected chi connectivity index (χ1v) is 8.24. The Morgan fingerprint density at radius 3 is 2.61 bits per heavy atom. The summed E-state index contributed by atoms with van der Waals surface area (Å²) < 4.78 is 11.2. The number of hydrogen-bond donors (Lipinski definition) is 2. The van der Waals surface area contributed by atoms with Crippen LogP contribution in [0.15, 0.2) is 12.1 Å². The number of methoxy groups -OCH3 is 2. The number of aromatic nitrogens is 2. The van der Waals surface area contributed by atoms with Crippen molar-refractivity contribution in [1.82, 2.24) is 14.9 Å². The number of rotatable bonds is 6. The van der Waals surface area contributed by atoms with Crippen LogP contribution < -0.4 is 14.8 Å². The highest BCUT2D eigenvalue weighted by Gasteiger charge is 2.13. The summed E-state index contributed by atoms with van der Waals surface area (Å²) in [6, 6.07) is 3.81. The maximum Gasteiger partial charge on any atom is 0.199 e. The minimum absolute atomic E-state index is 0.452. The summed E-state index contributed by atoms with van der Waals surface area (Å²) >= 11 is 5.24. The van der Waals surface area contributed by atoms with Gasteiger partial charge in [-0.1, -0.05) is 0 Å². The molecule has 1 saturated heterocycles. The number of aromatic amines is 1. The summed E-state index contributed by atoms with van der Waals surface area (Å²) in [7, 11) is 3.25. The van der Waals surface area contributed by atoms with Crippen molar-refractivity contribution in [2.24, 2.45) is 0 Å². The van der Waals surface area contributed by atoms with Gasteiger partial charge in [0.1, 0.15) is 5.82 Å². The number of H-pyrrole nitrogens is 1. The molecule has 0 spiro atoms. The Morgan fingerprint density at radius 2 is 1.91 bits per heavy atom. The highest BCUT2D eigenvalue weighted by atomic mass is 32.1. The van der Waals surface area contributed by atoms with E-state index in [0.29, 0.717) is 16.3 Å². The van der Waals surface area contributed by atoms with Crippen LogP contribution >= 0.6 is 12.2 Å². The molecule has 124 valence electrons. The second-order valence-corrected chi connectivity index (χ2v) is 6.01. The molecule has 0 unspecified atom stereocenters. The van der Waals surface area contributed by atoms with E-state index < -0.39 is 0 Å². The molecular formula is C16H22N4O2S. The van der Waals surface area contributed by atoms with Gasteiger partial charge in [0.2, 0.25) is 0 Å². The molecular weight excluding hydrogens is 312 g/mol. The lowest BCUT2D eigenvalue weighted by atomic mass is 10.2. The van der Waals surface area contributed by atoms with Crippen molar-refractivity contribution in [2.75, 3.05) is 45.7 Å². The van der Waals surface area contributed by atoms with Crippen molar-refractivity contribution in [3.8, 4) is 11.5 Å². The van der Waals surface area contributed by atoms with Gasteiger partial charge in [0, 0.05) is 24.5 Å². The number of hydrogen-bond acceptors (Lipinski definition) is 6. The third-order valence-electron chi connectivity index (χ3n) is 4.15. The average Bonchev–Trinajstić information content (AvgIpc) is 3.06. The molecule has 6 nitrogen and oxygen atoms in total. The highest BCUT2D eigenvalue weighted by molar-refractivity contribution is 7.71. The first-order valence-electron chi connectivity index (χ1n) is 7.83. The molecule has 0 aliphatic carbocycles. The number of anilines is 1. The molecule has 23 heavy (non-hydrogen) atoms. The first kappa shape index (κ1) is 16.0. The van der Waals surface area contributed by atoms with E-state index >= 15 is 0 Å². The Hall–Kier alpha value is -1.86. The van der Waals surface area contributed by atoms with Gasteiger partial charge in [-0.05, 0) is 44.2 Å². The summed E-state index contributed by atoms with van der Waals surface area (Å²) in [6.45, 7) is 4.24. The van der Waals surface area contributed by atoms with Crippen LogP contribution in [0, 0.1) is 4.77 Å². The van der Waals surface area contributed by atoms with Crippen molar-refractivity contribution < 1.29 is 9.47 Å². The summed E-state index contributed by atoms with van der Waals surface area (Å²) in [4.78, 5) is 10.00. The maximum atomic E-state index is 5.39. The van der Waals surface area contributed by atoms with Crippen LogP contribution in [0.4, 0.5) is 5.82 Å². The Balaban J connectivity index is 1.87. The molecule has 7 heteroatoms. The van der Waals surface area contributed by atoms with E-state index in [9.17, 15) is 0 Å². The van der Waals surface area contributed by atoms with E-state index in [0.717, 1.165) is 29.8 Å². The van der Waals surface area contributed by atoms with Crippen LogP contribution in [-0.4, -0.2) is 55.3 Å². The van der Waals surface area contributed by atoms with Crippen molar-refractivity contribution in [1.29, 1.82) is 0 Å². The van der Waals surface area contributed by atoms with Crippen LogP contribution in [0.5, 0.6) is 11.5 Å². The third-order valence-corrected chi connectivity index (χ3v) is 4.35. The molecule has 1 fully saturated rings. The number of likely N-dealkylation sites (tertiary alicyclic amines) is 1. The van der Waals surface area contributed by atoms with E-state index in [1.807, 2.05) is 12.1 Å². The zero-order valence-corrected chi connectivity index (χ0v) is 14.3. The molecule has 2 N–H and O–H groups in total. The minimum Gasteiger partial charge on any atom is -0.493 e. The fraction of sp³-hybridized carbons (Fsp3) is 0.500. The minimum atomic E-state index is 0.452. The average molecular weight is 334 g/mol. The molecule has 1 aliphatic heterocycles. The van der Waals surface area contributed by atoms with Gasteiger partial charge in [0.25, 0.3) is 0 Å². The zero-order valence-electron chi connectivity index (χ0n) is 13.5. The van der Waals surface area contributed by atoms with Gasteiger partial charge in [-0.2, -0.15) is 0 Å². The van der Waals surface area contributed by atoms with E-state index in [4.69, 9.17) is 21.7 Å². The molecule has 3 rings (SSSR count). The predicted octanol–water partition coefficient (Wildman–Crippen LogP) is 2.82. The van der Waals surface area contributed by atoms with Gasteiger partial charge in [-0.25, -0.2) is 4.98 Å². The molecule has 1 aliphatic rings. The van der Waals surface area contributed by atoms with Gasteiger partial charge in [-0.15, -0.1) is 0 Å².